The van der Waals surface area contributed by atoms with E-state index in [-0.39, 0.29) is 11.5 Å². The number of phenolic OH excluding ortho intramolecular Hbond substituents is 2. The van der Waals surface area contributed by atoms with Crippen molar-refractivity contribution >= 4 is 15.4 Å². The first-order valence-electron chi connectivity index (χ1n) is 2.69. The molecule has 0 heterocycles. The summed E-state index contributed by atoms with van der Waals surface area (Å²) in [5, 5.41) is 18.6. The number of benzene rings is 1. The van der Waals surface area contributed by atoms with Crippen molar-refractivity contribution in [2.45, 2.75) is 0 Å². The molecule has 0 amide bonds. The van der Waals surface area contributed by atoms with Crippen molar-refractivity contribution in [3.05, 3.63) is 18.2 Å². The minimum atomic E-state index is 0.196. The molecule has 0 aliphatic carbocycles. The van der Waals surface area contributed by atoms with Gasteiger partial charge in [-0.3, -0.25) is 0 Å². The molecule has 0 bridgehead atoms. The van der Waals surface area contributed by atoms with E-state index < -0.39 is 0 Å². The Hall–Kier alpha value is -0.963. The summed E-state index contributed by atoms with van der Waals surface area (Å²) in [6.45, 7) is 0. The van der Waals surface area contributed by atoms with Crippen molar-refractivity contribution in [3.63, 3.8) is 0 Å². The summed E-state index contributed by atoms with van der Waals surface area (Å²) in [5.41, 5.74) is 0. The molecule has 0 atom stereocenters. The van der Waals surface area contributed by atoms with Crippen LogP contribution in [0.2, 0.25) is 0 Å². The van der Waals surface area contributed by atoms with Gasteiger partial charge in [0.05, 0.1) is 0 Å². The van der Waals surface area contributed by atoms with Crippen LogP contribution in [0.15, 0.2) is 18.2 Å². The molecule has 0 fully saturated rings. The minimum Gasteiger partial charge on any atom is -0.508 e. The van der Waals surface area contributed by atoms with Gasteiger partial charge in [-0.1, -0.05) is 6.07 Å². The summed E-state index contributed by atoms with van der Waals surface area (Å²) in [7, 11) is 0.678. The Kier molecular flexibility index (Phi) is 1.44. The van der Waals surface area contributed by atoms with E-state index >= 15 is 0 Å². The first kappa shape index (κ1) is 6.16. The maximum Gasteiger partial charge on any atom is 0.117 e. The lowest BCUT2D eigenvalue weighted by atomic mass is 10.3. The molecule has 0 saturated carbocycles. The first-order chi connectivity index (χ1) is 4.22. The fraction of sp³-hybridized carbons (Fsp3) is 0. The molecular formula is C6H8O2Si. The molecule has 2 nitrogen and oxygen atoms in total. The number of aromatic hydroxyl groups is 2. The fourth-order valence-corrected chi connectivity index (χ4v) is 0.945. The van der Waals surface area contributed by atoms with Crippen LogP contribution in [0.1, 0.15) is 0 Å². The standard InChI is InChI=1S/C6H8O2Si/c7-4-2-1-3-5(8)6(4)9/h1-3,7-8H,9H3. The van der Waals surface area contributed by atoms with Crippen molar-refractivity contribution in [3.8, 4) is 11.5 Å². The van der Waals surface area contributed by atoms with Gasteiger partial charge in [-0.25, -0.2) is 0 Å². The second-order valence-electron chi connectivity index (χ2n) is 1.92. The molecule has 1 aromatic carbocycles. The number of hydrogen-bond acceptors (Lipinski definition) is 2. The van der Waals surface area contributed by atoms with Gasteiger partial charge < -0.3 is 10.2 Å². The number of rotatable bonds is 0. The molecule has 0 saturated heterocycles. The van der Waals surface area contributed by atoms with Gasteiger partial charge in [-0.2, -0.15) is 0 Å². The van der Waals surface area contributed by atoms with Crippen LogP contribution in [0.25, 0.3) is 0 Å². The third kappa shape index (κ3) is 1.05. The highest BCUT2D eigenvalue weighted by molar-refractivity contribution is 6.36. The van der Waals surface area contributed by atoms with E-state index in [1.165, 1.54) is 0 Å². The zero-order chi connectivity index (χ0) is 6.85. The molecule has 0 aliphatic heterocycles. The van der Waals surface area contributed by atoms with E-state index in [1.54, 1.807) is 18.2 Å². The fourth-order valence-electron chi connectivity index (χ4n) is 0.612. The molecule has 3 heteroatoms. The summed E-state index contributed by atoms with van der Waals surface area (Å²) >= 11 is 0. The molecule has 1 aromatic rings. The van der Waals surface area contributed by atoms with Crippen LogP contribution < -0.4 is 5.19 Å². The summed E-state index contributed by atoms with van der Waals surface area (Å²) in [6, 6.07) is 4.76. The summed E-state index contributed by atoms with van der Waals surface area (Å²) < 4.78 is 0. The second-order valence-corrected chi connectivity index (χ2v) is 2.92. The van der Waals surface area contributed by atoms with Crippen molar-refractivity contribution in [2.24, 2.45) is 0 Å². The zero-order valence-electron chi connectivity index (χ0n) is 5.13. The van der Waals surface area contributed by atoms with Crippen molar-refractivity contribution in [1.29, 1.82) is 0 Å². The van der Waals surface area contributed by atoms with E-state index in [2.05, 4.69) is 0 Å². The highest BCUT2D eigenvalue weighted by Gasteiger charge is 1.97. The normalized spacial score (nSPS) is 9.78. The molecule has 1 rings (SSSR count). The van der Waals surface area contributed by atoms with Gasteiger partial charge >= 0.3 is 0 Å². The topological polar surface area (TPSA) is 40.5 Å². The Bertz CT molecular complexity index is 202. The highest BCUT2D eigenvalue weighted by atomic mass is 28.1. The average molecular weight is 140 g/mol. The number of hydrogen-bond donors (Lipinski definition) is 2. The Labute approximate surface area is 56.2 Å². The highest BCUT2D eigenvalue weighted by Crippen LogP contribution is 2.10. The molecule has 0 unspecified atom stereocenters. The predicted octanol–water partition coefficient (Wildman–Crippen LogP) is -0.911. The van der Waals surface area contributed by atoms with Gasteiger partial charge in [0, 0.05) is 15.4 Å². The molecule has 0 aromatic heterocycles. The third-order valence-electron chi connectivity index (χ3n) is 1.28. The third-order valence-corrected chi connectivity index (χ3v) is 2.30. The SMILES string of the molecule is Oc1cccc(O)c1[SiH3]. The Morgan fingerprint density at radius 3 is 1.89 bits per heavy atom. The van der Waals surface area contributed by atoms with Gasteiger partial charge in [-0.05, 0) is 12.1 Å². The van der Waals surface area contributed by atoms with E-state index in [0.29, 0.717) is 15.4 Å². The largest absolute Gasteiger partial charge is 0.508 e. The van der Waals surface area contributed by atoms with Crippen LogP contribution in [-0.2, 0) is 0 Å². The predicted molar refractivity (Wildman–Crippen MR) is 39.3 cm³/mol. The molecule has 9 heavy (non-hydrogen) atoms. The average Bonchev–Trinajstić information content (AvgIpc) is 1.83. The van der Waals surface area contributed by atoms with Crippen LogP contribution in [-0.4, -0.2) is 20.5 Å². The van der Waals surface area contributed by atoms with Crippen LogP contribution in [0.5, 0.6) is 11.5 Å². The molecule has 0 spiro atoms. The second kappa shape index (κ2) is 2.11. The molecular weight excluding hydrogens is 132 g/mol. The maximum atomic E-state index is 8.97. The van der Waals surface area contributed by atoms with Crippen LogP contribution in [0, 0.1) is 0 Å². The smallest absolute Gasteiger partial charge is 0.117 e. The van der Waals surface area contributed by atoms with Gasteiger partial charge in [0.1, 0.15) is 11.5 Å². The van der Waals surface area contributed by atoms with E-state index in [9.17, 15) is 0 Å². The van der Waals surface area contributed by atoms with Crippen molar-refractivity contribution in [2.75, 3.05) is 0 Å². The minimum absolute atomic E-state index is 0.196. The van der Waals surface area contributed by atoms with Crippen molar-refractivity contribution < 1.29 is 10.2 Å². The van der Waals surface area contributed by atoms with Gasteiger partial charge in [0.2, 0.25) is 0 Å². The lowest BCUT2D eigenvalue weighted by Gasteiger charge is -1.98. The van der Waals surface area contributed by atoms with Crippen LogP contribution in [0.4, 0.5) is 0 Å². The maximum absolute atomic E-state index is 8.97. The Morgan fingerprint density at radius 1 is 1.11 bits per heavy atom. The molecule has 2 N–H and O–H groups in total. The van der Waals surface area contributed by atoms with Gasteiger partial charge in [-0.15, -0.1) is 0 Å². The lowest BCUT2D eigenvalue weighted by Crippen LogP contribution is -2.01. The van der Waals surface area contributed by atoms with E-state index in [4.69, 9.17) is 10.2 Å². The summed E-state index contributed by atoms with van der Waals surface area (Å²) in [6.07, 6.45) is 0. The van der Waals surface area contributed by atoms with Gasteiger partial charge in [0.25, 0.3) is 0 Å². The first-order valence-corrected chi connectivity index (χ1v) is 3.69. The summed E-state index contributed by atoms with van der Waals surface area (Å²) in [5.74, 6) is 0.392. The quantitative estimate of drug-likeness (QED) is 0.458. The number of phenols is 2. The van der Waals surface area contributed by atoms with Crippen molar-refractivity contribution in [1.82, 2.24) is 0 Å². The Morgan fingerprint density at radius 2 is 1.56 bits per heavy atom. The summed E-state index contributed by atoms with van der Waals surface area (Å²) in [4.78, 5) is 0. The van der Waals surface area contributed by atoms with Crippen LogP contribution >= 0.6 is 0 Å². The van der Waals surface area contributed by atoms with E-state index in [0.717, 1.165) is 0 Å². The monoisotopic (exact) mass is 140 g/mol. The molecule has 48 valence electrons. The van der Waals surface area contributed by atoms with Gasteiger partial charge in [0.15, 0.2) is 0 Å². The molecule has 0 aliphatic rings. The zero-order valence-corrected chi connectivity index (χ0v) is 7.13. The van der Waals surface area contributed by atoms with E-state index in [1.807, 2.05) is 0 Å². The lowest BCUT2D eigenvalue weighted by molar-refractivity contribution is 0.458. The Balaban J connectivity index is 3.25. The van der Waals surface area contributed by atoms with Crippen LogP contribution in [0.3, 0.4) is 0 Å². The molecule has 0 radical (unpaired) electrons.